The summed E-state index contributed by atoms with van der Waals surface area (Å²) in [5.41, 5.74) is 3.32. The van der Waals surface area contributed by atoms with E-state index in [1.807, 2.05) is 48.5 Å². The standard InChI is InChI=1S/C22H18N2O/c1-16(2)22(25)24-15-18-12-10-17(11-13-18)14-23-21-9-5-7-19-6-3-4-8-20(19)21/h3-13H,1,15H2,2H3/p+1. The average Bonchev–Trinajstić information content (AvgIpc) is 2.65. The zero-order valence-electron chi connectivity index (χ0n) is 14.1. The Morgan fingerprint density at radius 1 is 1.04 bits per heavy atom. The van der Waals surface area contributed by atoms with Crippen LogP contribution in [0.4, 0.5) is 5.69 Å². The molecule has 0 radical (unpaired) electrons. The highest BCUT2D eigenvalue weighted by Crippen LogP contribution is 2.25. The molecule has 1 N–H and O–H groups in total. The van der Waals surface area contributed by atoms with Gasteiger partial charge in [-0.05, 0) is 40.9 Å². The van der Waals surface area contributed by atoms with Crippen LogP contribution in [0.3, 0.4) is 0 Å². The summed E-state index contributed by atoms with van der Waals surface area (Å²) in [6.45, 7) is 5.79. The number of amides is 1. The normalized spacial score (nSPS) is 9.96. The van der Waals surface area contributed by atoms with Gasteiger partial charge in [0.15, 0.2) is 0 Å². The van der Waals surface area contributed by atoms with Gasteiger partial charge in [-0.3, -0.25) is 4.79 Å². The second-order valence-corrected chi connectivity index (χ2v) is 5.88. The molecule has 0 saturated carbocycles. The number of carbonyl (C=O) groups excluding carboxylic acids is 1. The van der Waals surface area contributed by atoms with E-state index in [2.05, 4.69) is 41.0 Å². The van der Waals surface area contributed by atoms with Crippen LogP contribution >= 0.6 is 0 Å². The molecule has 25 heavy (non-hydrogen) atoms. The molecule has 0 heterocycles. The highest BCUT2D eigenvalue weighted by molar-refractivity contribution is 5.94. The first kappa shape index (κ1) is 16.5. The van der Waals surface area contributed by atoms with Gasteiger partial charge < -0.3 is 5.32 Å². The molecule has 0 aliphatic heterocycles. The monoisotopic (exact) mass is 327 g/mol. The van der Waals surface area contributed by atoms with E-state index in [1.54, 1.807) is 6.92 Å². The topological polar surface area (TPSA) is 33.5 Å². The van der Waals surface area contributed by atoms with Crippen molar-refractivity contribution in [3.8, 4) is 6.07 Å². The van der Waals surface area contributed by atoms with Crippen molar-refractivity contribution in [3.05, 3.63) is 94.9 Å². The molecular formula is C22H19N2O+. The van der Waals surface area contributed by atoms with Gasteiger partial charge in [-0.2, -0.15) is 0 Å². The number of nitrogens with one attached hydrogen (secondary N) is 1. The molecular weight excluding hydrogens is 308 g/mol. The molecule has 3 heteroatoms. The fourth-order valence-corrected chi connectivity index (χ4v) is 2.46. The number of benzene rings is 3. The average molecular weight is 327 g/mol. The number of nitrogens with zero attached hydrogens (tertiary/aromatic N) is 1. The van der Waals surface area contributed by atoms with Crippen LogP contribution in [0, 0.1) is 6.07 Å². The SMILES string of the molecule is C=C(C)C(=O)NCc1ccc(C#[N+]c2cccc3ccccc23)cc1. The van der Waals surface area contributed by atoms with Crippen molar-refractivity contribution in [3.63, 3.8) is 0 Å². The lowest BCUT2D eigenvalue weighted by Crippen LogP contribution is -2.22. The van der Waals surface area contributed by atoms with Gasteiger partial charge in [0.2, 0.25) is 5.91 Å². The Hall–Kier alpha value is -3.38. The smallest absolute Gasteiger partial charge is 0.348 e. The van der Waals surface area contributed by atoms with E-state index in [1.165, 1.54) is 0 Å². The highest BCUT2D eigenvalue weighted by atomic mass is 16.1. The number of hydrogen-bond acceptors (Lipinski definition) is 1. The van der Waals surface area contributed by atoms with E-state index in [9.17, 15) is 4.79 Å². The van der Waals surface area contributed by atoms with Gasteiger partial charge in [-0.15, -0.1) is 0 Å². The van der Waals surface area contributed by atoms with Crippen molar-refractivity contribution < 1.29 is 4.79 Å². The summed E-state index contributed by atoms with van der Waals surface area (Å²) in [5.74, 6) is -0.131. The van der Waals surface area contributed by atoms with Crippen molar-refractivity contribution in [2.24, 2.45) is 0 Å². The summed E-state index contributed by atoms with van der Waals surface area (Å²) in [7, 11) is 0. The van der Waals surface area contributed by atoms with Crippen LogP contribution in [-0.2, 0) is 11.3 Å². The molecule has 3 rings (SSSR count). The fraction of sp³-hybridized carbons (Fsp3) is 0.0909. The first-order chi connectivity index (χ1) is 12.1. The molecule has 122 valence electrons. The molecule has 0 bridgehead atoms. The van der Waals surface area contributed by atoms with E-state index in [0.29, 0.717) is 12.1 Å². The summed E-state index contributed by atoms with van der Waals surface area (Å²) in [6, 6.07) is 25.1. The second-order valence-electron chi connectivity index (χ2n) is 5.88. The molecule has 0 unspecified atom stereocenters. The van der Waals surface area contributed by atoms with E-state index < -0.39 is 0 Å². The van der Waals surface area contributed by atoms with E-state index in [4.69, 9.17) is 0 Å². The van der Waals surface area contributed by atoms with Crippen LogP contribution in [0.5, 0.6) is 0 Å². The molecule has 3 aromatic rings. The third-order valence-corrected chi connectivity index (χ3v) is 3.87. The van der Waals surface area contributed by atoms with E-state index in [0.717, 1.165) is 27.6 Å². The third-order valence-electron chi connectivity index (χ3n) is 3.87. The van der Waals surface area contributed by atoms with Gasteiger partial charge >= 0.3 is 11.8 Å². The zero-order chi connectivity index (χ0) is 17.6. The van der Waals surface area contributed by atoms with Crippen LogP contribution in [0.25, 0.3) is 15.6 Å². The maximum absolute atomic E-state index is 11.5. The Bertz CT molecular complexity index is 986. The van der Waals surface area contributed by atoms with E-state index in [-0.39, 0.29) is 5.91 Å². The van der Waals surface area contributed by atoms with Crippen molar-refractivity contribution in [1.82, 2.24) is 5.32 Å². The summed E-state index contributed by atoms with van der Waals surface area (Å²) in [4.78, 5) is 16.0. The van der Waals surface area contributed by atoms with Crippen LogP contribution < -0.4 is 5.32 Å². The first-order valence-corrected chi connectivity index (χ1v) is 8.10. The fourth-order valence-electron chi connectivity index (χ4n) is 2.46. The molecule has 3 aromatic carbocycles. The van der Waals surface area contributed by atoms with Crippen LogP contribution in [0.15, 0.2) is 78.9 Å². The summed E-state index contributed by atoms with van der Waals surface area (Å²) in [5, 5.41) is 5.08. The van der Waals surface area contributed by atoms with E-state index >= 15 is 0 Å². The summed E-state index contributed by atoms with van der Waals surface area (Å²) >= 11 is 0. The lowest BCUT2D eigenvalue weighted by atomic mass is 10.1. The molecule has 1 amide bonds. The van der Waals surface area contributed by atoms with Crippen LogP contribution in [-0.4, -0.2) is 5.91 Å². The molecule has 0 spiro atoms. The Morgan fingerprint density at radius 2 is 1.76 bits per heavy atom. The van der Waals surface area contributed by atoms with Crippen LogP contribution in [0.2, 0.25) is 0 Å². The predicted molar refractivity (Wildman–Crippen MR) is 103 cm³/mol. The number of rotatable bonds is 3. The second kappa shape index (κ2) is 7.46. The lowest BCUT2D eigenvalue weighted by Gasteiger charge is -2.04. The van der Waals surface area contributed by atoms with Gasteiger partial charge in [0.05, 0.1) is 5.39 Å². The molecule has 3 nitrogen and oxygen atoms in total. The number of fused-ring (bicyclic) bond motifs is 1. The third kappa shape index (κ3) is 4.13. The van der Waals surface area contributed by atoms with Gasteiger partial charge in [0.1, 0.15) is 5.56 Å². The largest absolute Gasteiger partial charge is 0.348 e. The minimum atomic E-state index is -0.131. The van der Waals surface area contributed by atoms with Crippen molar-refractivity contribution >= 4 is 22.4 Å². The maximum Gasteiger partial charge on any atom is 0.348 e. The van der Waals surface area contributed by atoms with Crippen molar-refractivity contribution in [2.45, 2.75) is 13.5 Å². The molecule has 0 aliphatic rings. The first-order valence-electron chi connectivity index (χ1n) is 8.10. The predicted octanol–water partition coefficient (Wildman–Crippen LogP) is 5.04. The Morgan fingerprint density at radius 3 is 2.52 bits per heavy atom. The maximum atomic E-state index is 11.5. The minimum absolute atomic E-state index is 0.131. The molecule has 0 fully saturated rings. The Labute approximate surface area is 147 Å². The molecule has 0 aromatic heterocycles. The van der Waals surface area contributed by atoms with Gasteiger partial charge in [-0.25, -0.2) is 0 Å². The Balaban J connectivity index is 1.75. The quantitative estimate of drug-likeness (QED) is 0.671. The number of carbonyl (C=O) groups is 1. The summed E-state index contributed by atoms with van der Waals surface area (Å²) < 4.78 is 0. The Kier molecular flexibility index (Phi) is 4.92. The molecule has 0 saturated heterocycles. The molecule has 0 atom stereocenters. The van der Waals surface area contributed by atoms with Crippen LogP contribution in [0.1, 0.15) is 18.1 Å². The van der Waals surface area contributed by atoms with Gasteiger partial charge in [0.25, 0.3) is 0 Å². The number of hydrogen-bond donors (Lipinski definition) is 1. The highest BCUT2D eigenvalue weighted by Gasteiger charge is 2.07. The minimum Gasteiger partial charge on any atom is -0.348 e. The van der Waals surface area contributed by atoms with Crippen molar-refractivity contribution in [2.75, 3.05) is 0 Å². The lowest BCUT2D eigenvalue weighted by molar-refractivity contribution is -0.117. The summed E-state index contributed by atoms with van der Waals surface area (Å²) in [6.07, 6.45) is 0. The van der Waals surface area contributed by atoms with Gasteiger partial charge in [-0.1, -0.05) is 49.0 Å². The zero-order valence-corrected chi connectivity index (χ0v) is 14.1. The molecule has 0 aliphatic carbocycles. The van der Waals surface area contributed by atoms with Crippen molar-refractivity contribution in [1.29, 1.82) is 0 Å². The van der Waals surface area contributed by atoms with Gasteiger partial charge in [0, 0.05) is 18.2 Å².